The van der Waals surface area contributed by atoms with Crippen molar-refractivity contribution in [1.29, 1.82) is 0 Å². The normalized spacial score (nSPS) is 9.83. The highest BCUT2D eigenvalue weighted by atomic mass is 16.5. The van der Waals surface area contributed by atoms with Gasteiger partial charge >= 0.3 is 5.97 Å². The highest BCUT2D eigenvalue weighted by Gasteiger charge is 2.11. The standard InChI is InChI=1S/C12H10N2O4/c1-17-9-5-4-8(12(15)16)7-10(9)18-11-3-2-6-13-14-11/h2-7H,1H3,(H,15,16). The number of rotatable bonds is 4. The number of carboxylic acid groups (broad SMARTS) is 1. The predicted octanol–water partition coefficient (Wildman–Crippen LogP) is 1.98. The highest BCUT2D eigenvalue weighted by molar-refractivity contribution is 5.88. The number of hydrogen-bond donors (Lipinski definition) is 1. The maximum atomic E-state index is 10.9. The van der Waals surface area contributed by atoms with E-state index in [1.54, 1.807) is 12.1 Å². The van der Waals surface area contributed by atoms with Crippen LogP contribution < -0.4 is 9.47 Å². The van der Waals surface area contributed by atoms with Crippen molar-refractivity contribution in [2.24, 2.45) is 0 Å². The molecule has 0 saturated heterocycles. The maximum Gasteiger partial charge on any atom is 0.335 e. The summed E-state index contributed by atoms with van der Waals surface area (Å²) in [5.74, 6) is -0.0801. The lowest BCUT2D eigenvalue weighted by atomic mass is 10.2. The number of aromatic nitrogens is 2. The van der Waals surface area contributed by atoms with Gasteiger partial charge in [0, 0.05) is 12.3 Å². The summed E-state index contributed by atoms with van der Waals surface area (Å²) >= 11 is 0. The van der Waals surface area contributed by atoms with Crippen LogP contribution in [0.3, 0.4) is 0 Å². The Morgan fingerprint density at radius 2 is 2.11 bits per heavy atom. The molecule has 0 fully saturated rings. The minimum atomic E-state index is -1.04. The van der Waals surface area contributed by atoms with E-state index >= 15 is 0 Å². The van der Waals surface area contributed by atoms with Crippen molar-refractivity contribution >= 4 is 5.97 Å². The van der Waals surface area contributed by atoms with Crippen molar-refractivity contribution in [1.82, 2.24) is 10.2 Å². The van der Waals surface area contributed by atoms with Crippen molar-refractivity contribution in [2.75, 3.05) is 7.11 Å². The Bertz CT molecular complexity index is 557. The third kappa shape index (κ3) is 2.54. The Labute approximate surface area is 103 Å². The predicted molar refractivity (Wildman–Crippen MR) is 62.1 cm³/mol. The first-order valence-electron chi connectivity index (χ1n) is 5.07. The Morgan fingerprint density at radius 1 is 1.28 bits per heavy atom. The van der Waals surface area contributed by atoms with Crippen LogP contribution in [0.15, 0.2) is 36.5 Å². The lowest BCUT2D eigenvalue weighted by Crippen LogP contribution is -1.99. The van der Waals surface area contributed by atoms with Crippen molar-refractivity contribution in [3.05, 3.63) is 42.1 Å². The van der Waals surface area contributed by atoms with Crippen molar-refractivity contribution < 1.29 is 19.4 Å². The summed E-state index contributed by atoms with van der Waals surface area (Å²) in [7, 11) is 1.47. The minimum absolute atomic E-state index is 0.106. The van der Waals surface area contributed by atoms with Crippen molar-refractivity contribution in [2.45, 2.75) is 0 Å². The summed E-state index contributed by atoms with van der Waals surface area (Å²) in [5.41, 5.74) is 0.106. The molecule has 0 aliphatic carbocycles. The summed E-state index contributed by atoms with van der Waals surface area (Å²) in [5, 5.41) is 16.3. The van der Waals surface area contributed by atoms with Crippen LogP contribution in [0.1, 0.15) is 10.4 Å². The van der Waals surface area contributed by atoms with E-state index < -0.39 is 5.97 Å². The number of methoxy groups -OCH3 is 1. The summed E-state index contributed by atoms with van der Waals surface area (Å²) in [4.78, 5) is 10.9. The molecule has 6 heteroatoms. The average molecular weight is 246 g/mol. The Balaban J connectivity index is 2.35. The van der Waals surface area contributed by atoms with Crippen LogP contribution in [-0.2, 0) is 0 Å². The summed E-state index contributed by atoms with van der Waals surface area (Å²) in [6, 6.07) is 7.60. The largest absolute Gasteiger partial charge is 0.493 e. The molecule has 0 atom stereocenters. The zero-order valence-corrected chi connectivity index (χ0v) is 9.53. The molecule has 0 radical (unpaired) electrons. The van der Waals surface area contributed by atoms with E-state index in [-0.39, 0.29) is 17.2 Å². The van der Waals surface area contributed by atoms with Gasteiger partial charge in [0.05, 0.1) is 12.7 Å². The molecule has 0 aliphatic rings. The SMILES string of the molecule is COc1ccc(C(=O)O)cc1Oc1cccnn1. The number of aromatic carboxylic acids is 1. The molecule has 0 saturated carbocycles. The monoisotopic (exact) mass is 246 g/mol. The van der Waals surface area contributed by atoms with Gasteiger partial charge in [0.15, 0.2) is 11.5 Å². The van der Waals surface area contributed by atoms with Gasteiger partial charge in [-0.1, -0.05) is 0 Å². The van der Waals surface area contributed by atoms with Crippen LogP contribution >= 0.6 is 0 Å². The molecule has 92 valence electrons. The van der Waals surface area contributed by atoms with Crippen molar-refractivity contribution in [3.63, 3.8) is 0 Å². The number of hydrogen-bond acceptors (Lipinski definition) is 5. The first kappa shape index (κ1) is 11.8. The van der Waals surface area contributed by atoms with Gasteiger partial charge < -0.3 is 14.6 Å². The zero-order chi connectivity index (χ0) is 13.0. The van der Waals surface area contributed by atoms with Gasteiger partial charge in [-0.05, 0) is 24.3 Å². The molecule has 2 rings (SSSR count). The second-order valence-corrected chi connectivity index (χ2v) is 3.33. The van der Waals surface area contributed by atoms with E-state index in [2.05, 4.69) is 10.2 Å². The van der Waals surface area contributed by atoms with Gasteiger partial charge in [0.1, 0.15) is 0 Å². The molecule has 0 amide bonds. The van der Waals surface area contributed by atoms with Gasteiger partial charge in [-0.25, -0.2) is 4.79 Å². The molecule has 1 N–H and O–H groups in total. The van der Waals surface area contributed by atoms with Crippen LogP contribution in [0.5, 0.6) is 17.4 Å². The van der Waals surface area contributed by atoms with E-state index in [0.717, 1.165) is 0 Å². The molecule has 2 aromatic rings. The second-order valence-electron chi connectivity index (χ2n) is 3.33. The Kier molecular flexibility index (Phi) is 3.38. The van der Waals surface area contributed by atoms with E-state index in [0.29, 0.717) is 5.75 Å². The van der Waals surface area contributed by atoms with Gasteiger partial charge in [-0.15, -0.1) is 5.10 Å². The lowest BCUT2D eigenvalue weighted by Gasteiger charge is -2.09. The van der Waals surface area contributed by atoms with Gasteiger partial charge in [0.25, 0.3) is 0 Å². The number of benzene rings is 1. The minimum Gasteiger partial charge on any atom is -0.493 e. The molecule has 0 aliphatic heterocycles. The first-order chi connectivity index (χ1) is 8.70. The van der Waals surface area contributed by atoms with Crippen LogP contribution in [0.4, 0.5) is 0 Å². The third-order valence-electron chi connectivity index (χ3n) is 2.17. The highest BCUT2D eigenvalue weighted by Crippen LogP contribution is 2.31. The third-order valence-corrected chi connectivity index (χ3v) is 2.17. The number of nitrogens with zero attached hydrogens (tertiary/aromatic N) is 2. The molecule has 18 heavy (non-hydrogen) atoms. The summed E-state index contributed by atoms with van der Waals surface area (Å²) in [6.45, 7) is 0. The molecule has 0 spiro atoms. The quantitative estimate of drug-likeness (QED) is 0.888. The molecular formula is C12H10N2O4. The van der Waals surface area contributed by atoms with E-state index in [4.69, 9.17) is 14.6 Å². The fourth-order valence-electron chi connectivity index (χ4n) is 1.34. The molecule has 1 aromatic heterocycles. The Morgan fingerprint density at radius 3 is 2.72 bits per heavy atom. The summed E-state index contributed by atoms with van der Waals surface area (Å²) in [6.07, 6.45) is 1.51. The molecular weight excluding hydrogens is 236 g/mol. The van der Waals surface area contributed by atoms with Crippen LogP contribution in [-0.4, -0.2) is 28.4 Å². The van der Waals surface area contributed by atoms with Crippen LogP contribution in [0.2, 0.25) is 0 Å². The van der Waals surface area contributed by atoms with Crippen LogP contribution in [0.25, 0.3) is 0 Å². The van der Waals surface area contributed by atoms with Gasteiger partial charge in [-0.3, -0.25) is 0 Å². The van der Waals surface area contributed by atoms with E-state index in [1.165, 1.54) is 31.5 Å². The van der Waals surface area contributed by atoms with Crippen LogP contribution in [0, 0.1) is 0 Å². The Hall–Kier alpha value is -2.63. The summed E-state index contributed by atoms with van der Waals surface area (Å²) < 4.78 is 10.5. The van der Waals surface area contributed by atoms with Crippen molar-refractivity contribution in [3.8, 4) is 17.4 Å². The van der Waals surface area contributed by atoms with Gasteiger partial charge in [-0.2, -0.15) is 5.10 Å². The number of carbonyl (C=O) groups is 1. The first-order valence-corrected chi connectivity index (χ1v) is 5.07. The van der Waals surface area contributed by atoms with E-state index in [9.17, 15) is 4.79 Å². The number of ether oxygens (including phenoxy) is 2. The second kappa shape index (κ2) is 5.13. The fourth-order valence-corrected chi connectivity index (χ4v) is 1.34. The van der Waals surface area contributed by atoms with E-state index in [1.807, 2.05) is 0 Å². The fraction of sp³-hybridized carbons (Fsp3) is 0.0833. The lowest BCUT2D eigenvalue weighted by molar-refractivity contribution is 0.0696. The topological polar surface area (TPSA) is 81.5 Å². The van der Waals surface area contributed by atoms with Gasteiger partial charge in [0.2, 0.25) is 5.88 Å². The number of carboxylic acids is 1. The molecule has 1 aromatic carbocycles. The zero-order valence-electron chi connectivity index (χ0n) is 9.53. The molecule has 0 bridgehead atoms. The maximum absolute atomic E-state index is 10.9. The molecule has 6 nitrogen and oxygen atoms in total. The smallest absolute Gasteiger partial charge is 0.335 e. The molecule has 0 unspecified atom stereocenters. The molecule has 1 heterocycles. The average Bonchev–Trinajstić information content (AvgIpc) is 2.39.